The van der Waals surface area contributed by atoms with Crippen LogP contribution in [0.3, 0.4) is 0 Å². The minimum Gasteiger partial charge on any atom is -0.444 e. The van der Waals surface area contributed by atoms with Gasteiger partial charge in [0.15, 0.2) is 0 Å². The van der Waals surface area contributed by atoms with E-state index >= 15 is 0 Å². The van der Waals surface area contributed by atoms with Gasteiger partial charge in [-0.3, -0.25) is 4.79 Å². The summed E-state index contributed by atoms with van der Waals surface area (Å²) in [5.41, 5.74) is 3.03. The van der Waals surface area contributed by atoms with Crippen molar-refractivity contribution in [2.75, 3.05) is 0 Å². The maximum atomic E-state index is 13.2. The van der Waals surface area contributed by atoms with Gasteiger partial charge in [0.25, 0.3) is 5.56 Å². The second-order valence-corrected chi connectivity index (χ2v) is 7.52. The quantitative estimate of drug-likeness (QED) is 0.391. The fraction of sp³-hybridized carbons (Fsp3) is 0.0435. The maximum Gasteiger partial charge on any atom is 0.283 e. The highest BCUT2D eigenvalue weighted by Crippen LogP contribution is 2.30. The van der Waals surface area contributed by atoms with Gasteiger partial charge in [-0.25, -0.2) is 9.97 Å². The highest BCUT2D eigenvalue weighted by molar-refractivity contribution is 7.17. The zero-order chi connectivity index (χ0) is 20.5. The normalized spacial score (nSPS) is 11.5. The molecule has 0 fully saturated rings. The topological polar surface area (TPSA) is 73.3 Å². The number of hydrogen-bond donors (Lipinski definition) is 0. The van der Waals surface area contributed by atoms with Gasteiger partial charge in [-0.15, -0.1) is 11.3 Å². The molecular weight excluding hydrogens is 396 g/mol. The molecule has 2 aromatic carbocycles. The Morgan fingerprint density at radius 2 is 1.70 bits per heavy atom. The number of oxazole rings is 1. The van der Waals surface area contributed by atoms with Crippen LogP contribution in [-0.2, 0) is 0 Å². The van der Waals surface area contributed by atoms with Crippen molar-refractivity contribution in [1.29, 1.82) is 0 Å². The van der Waals surface area contributed by atoms with Gasteiger partial charge in [-0.2, -0.15) is 9.78 Å². The first kappa shape index (κ1) is 18.2. The minimum atomic E-state index is -0.208. The smallest absolute Gasteiger partial charge is 0.283 e. The van der Waals surface area contributed by atoms with Gasteiger partial charge in [0.05, 0.1) is 11.6 Å². The van der Waals surface area contributed by atoms with E-state index in [1.54, 1.807) is 6.92 Å². The molecule has 0 amide bonds. The van der Waals surface area contributed by atoms with Crippen LogP contribution in [0.4, 0.5) is 0 Å². The van der Waals surface area contributed by atoms with E-state index in [1.165, 1.54) is 28.5 Å². The number of aryl methyl sites for hydroxylation is 1. The molecule has 0 saturated carbocycles. The molecule has 0 saturated heterocycles. The predicted molar refractivity (Wildman–Crippen MR) is 119 cm³/mol. The molecule has 0 aliphatic rings. The van der Waals surface area contributed by atoms with Crippen molar-refractivity contribution in [2.24, 2.45) is 5.10 Å². The van der Waals surface area contributed by atoms with Gasteiger partial charge in [-0.1, -0.05) is 48.5 Å². The lowest BCUT2D eigenvalue weighted by atomic mass is 10.1. The van der Waals surface area contributed by atoms with Crippen molar-refractivity contribution in [3.63, 3.8) is 0 Å². The van der Waals surface area contributed by atoms with E-state index < -0.39 is 0 Å². The number of hydrogen-bond acceptors (Lipinski definition) is 6. The predicted octanol–water partition coefficient (Wildman–Crippen LogP) is 4.97. The summed E-state index contributed by atoms with van der Waals surface area (Å²) in [4.78, 5) is 22.9. The molecule has 0 unspecified atom stereocenters. The van der Waals surface area contributed by atoms with Crippen molar-refractivity contribution in [2.45, 2.75) is 6.92 Å². The van der Waals surface area contributed by atoms with Crippen molar-refractivity contribution in [3.05, 3.63) is 94.2 Å². The Labute approximate surface area is 175 Å². The maximum absolute atomic E-state index is 13.2. The summed E-state index contributed by atoms with van der Waals surface area (Å²) in [7, 11) is 0. The molecule has 0 radical (unpaired) electrons. The molecule has 0 bridgehead atoms. The van der Waals surface area contributed by atoms with Crippen LogP contribution in [0.15, 0.2) is 86.6 Å². The van der Waals surface area contributed by atoms with E-state index in [0.717, 1.165) is 16.7 Å². The molecule has 0 N–H and O–H groups in total. The SMILES string of the molecule is Cc1nc2scc(-c3ccccc3)c2c(=O)n1/N=C/c1coc(-c2ccccc2)n1. The average molecular weight is 412 g/mol. The van der Waals surface area contributed by atoms with Crippen LogP contribution in [0.25, 0.3) is 32.8 Å². The van der Waals surface area contributed by atoms with Crippen LogP contribution in [0.2, 0.25) is 0 Å². The van der Waals surface area contributed by atoms with E-state index in [9.17, 15) is 4.79 Å². The van der Waals surface area contributed by atoms with E-state index in [1.807, 2.05) is 66.0 Å². The lowest BCUT2D eigenvalue weighted by Crippen LogP contribution is -2.20. The number of benzene rings is 2. The summed E-state index contributed by atoms with van der Waals surface area (Å²) in [5.74, 6) is 1.01. The number of nitrogens with zero attached hydrogens (tertiary/aromatic N) is 4. The Balaban J connectivity index is 1.55. The van der Waals surface area contributed by atoms with Gasteiger partial charge in [0.2, 0.25) is 5.89 Å². The Morgan fingerprint density at radius 1 is 1.00 bits per heavy atom. The van der Waals surface area contributed by atoms with Crippen molar-refractivity contribution in [3.8, 4) is 22.6 Å². The molecular formula is C23H16N4O2S. The molecule has 3 aromatic heterocycles. The van der Waals surface area contributed by atoms with Crippen LogP contribution in [0.5, 0.6) is 0 Å². The van der Waals surface area contributed by atoms with Crippen molar-refractivity contribution in [1.82, 2.24) is 14.6 Å². The zero-order valence-corrected chi connectivity index (χ0v) is 16.8. The Hall–Kier alpha value is -3.84. The third-order valence-electron chi connectivity index (χ3n) is 4.68. The molecule has 146 valence electrons. The summed E-state index contributed by atoms with van der Waals surface area (Å²) >= 11 is 1.46. The first-order valence-electron chi connectivity index (χ1n) is 9.32. The molecule has 0 aliphatic carbocycles. The Bertz CT molecular complexity index is 1420. The zero-order valence-electron chi connectivity index (χ0n) is 16.0. The van der Waals surface area contributed by atoms with Crippen LogP contribution in [0.1, 0.15) is 11.5 Å². The largest absolute Gasteiger partial charge is 0.444 e. The summed E-state index contributed by atoms with van der Waals surface area (Å²) in [6.45, 7) is 1.76. The van der Waals surface area contributed by atoms with Crippen LogP contribution < -0.4 is 5.56 Å². The Kier molecular flexibility index (Phi) is 4.57. The van der Waals surface area contributed by atoms with E-state index in [2.05, 4.69) is 15.1 Å². The summed E-state index contributed by atoms with van der Waals surface area (Å²) in [6.07, 6.45) is 3.02. The molecule has 5 rings (SSSR count). The Morgan fingerprint density at radius 3 is 2.43 bits per heavy atom. The number of rotatable bonds is 4. The molecule has 5 aromatic rings. The number of thiophene rings is 1. The van der Waals surface area contributed by atoms with Gasteiger partial charge < -0.3 is 4.42 Å². The number of fused-ring (bicyclic) bond motifs is 1. The standard InChI is InChI=1S/C23H16N4O2S/c1-15-25-22-20(19(14-30-22)16-8-4-2-5-9-16)23(28)27(15)24-12-18-13-29-21(26-18)17-10-6-3-7-11-17/h2-14H,1H3/b24-12+. The second-order valence-electron chi connectivity index (χ2n) is 6.66. The first-order chi connectivity index (χ1) is 14.7. The fourth-order valence-electron chi connectivity index (χ4n) is 3.23. The van der Waals surface area contributed by atoms with Crippen LogP contribution >= 0.6 is 11.3 Å². The van der Waals surface area contributed by atoms with Crippen molar-refractivity contribution >= 4 is 27.8 Å². The van der Waals surface area contributed by atoms with Crippen LogP contribution in [0, 0.1) is 6.92 Å². The van der Waals surface area contributed by atoms with E-state index in [0.29, 0.717) is 27.6 Å². The summed E-state index contributed by atoms with van der Waals surface area (Å²) in [5, 5.41) is 6.88. The average Bonchev–Trinajstić information content (AvgIpc) is 3.42. The highest BCUT2D eigenvalue weighted by Gasteiger charge is 2.15. The monoisotopic (exact) mass is 412 g/mol. The molecule has 7 heteroatoms. The molecule has 6 nitrogen and oxygen atoms in total. The fourth-order valence-corrected chi connectivity index (χ4v) is 4.21. The van der Waals surface area contributed by atoms with Gasteiger partial charge in [0, 0.05) is 16.5 Å². The highest BCUT2D eigenvalue weighted by atomic mass is 32.1. The molecule has 3 heterocycles. The lowest BCUT2D eigenvalue weighted by Gasteiger charge is -2.04. The molecule has 0 atom stereocenters. The van der Waals surface area contributed by atoms with Crippen molar-refractivity contribution < 1.29 is 4.42 Å². The number of aromatic nitrogens is 3. The van der Waals surface area contributed by atoms with Crippen LogP contribution in [-0.4, -0.2) is 20.9 Å². The van der Waals surface area contributed by atoms with Gasteiger partial charge in [-0.05, 0) is 24.6 Å². The lowest BCUT2D eigenvalue weighted by molar-refractivity contribution is 0.574. The van der Waals surface area contributed by atoms with Gasteiger partial charge in [0.1, 0.15) is 22.6 Å². The van der Waals surface area contributed by atoms with E-state index in [4.69, 9.17) is 4.42 Å². The summed E-state index contributed by atoms with van der Waals surface area (Å²) in [6, 6.07) is 19.4. The second kappa shape index (κ2) is 7.53. The van der Waals surface area contributed by atoms with Gasteiger partial charge >= 0.3 is 0 Å². The summed E-state index contributed by atoms with van der Waals surface area (Å²) < 4.78 is 6.83. The molecule has 30 heavy (non-hydrogen) atoms. The molecule has 0 aliphatic heterocycles. The van der Waals surface area contributed by atoms with E-state index in [-0.39, 0.29) is 5.56 Å². The molecule has 0 spiro atoms. The first-order valence-corrected chi connectivity index (χ1v) is 10.2. The minimum absolute atomic E-state index is 0.208. The third kappa shape index (κ3) is 3.25. The third-order valence-corrected chi connectivity index (χ3v) is 5.55.